The summed E-state index contributed by atoms with van der Waals surface area (Å²) in [6, 6.07) is 0. The lowest BCUT2D eigenvalue weighted by atomic mass is 9.78. The second-order valence-corrected chi connectivity index (χ2v) is 10.0. The zero-order valence-electron chi connectivity index (χ0n) is 18.5. The van der Waals surface area contributed by atoms with Crippen LogP contribution in [0.25, 0.3) is 0 Å². The van der Waals surface area contributed by atoms with Crippen LogP contribution in [0, 0.1) is 35.0 Å². The van der Waals surface area contributed by atoms with Crippen LogP contribution in [0.3, 0.4) is 0 Å². The molecule has 4 rings (SSSR count). The molecule has 6 nitrogen and oxygen atoms in total. The first-order valence-corrected chi connectivity index (χ1v) is 11.4. The minimum Gasteiger partial charge on any atom is -0.356 e. The van der Waals surface area contributed by atoms with Gasteiger partial charge in [-0.2, -0.15) is 0 Å². The van der Waals surface area contributed by atoms with Crippen LogP contribution in [0.1, 0.15) is 52.4 Å². The number of halogens is 1. The molecule has 1 saturated heterocycles. The summed E-state index contributed by atoms with van der Waals surface area (Å²) in [6.07, 6.45) is 11.4. The molecule has 4 atom stereocenters. The first kappa shape index (κ1) is 23.5. The average molecular weight is 528 g/mol. The second-order valence-electron chi connectivity index (χ2n) is 10.0. The van der Waals surface area contributed by atoms with E-state index in [1.807, 2.05) is 0 Å². The van der Waals surface area contributed by atoms with Crippen LogP contribution in [0.15, 0.2) is 17.1 Å². The molecule has 1 aliphatic heterocycles. The smallest absolute Gasteiger partial charge is 0.233 e. The maximum atomic E-state index is 12.7. The molecule has 7 heteroatoms. The molecule has 3 fully saturated rings. The van der Waals surface area contributed by atoms with E-state index in [0.717, 1.165) is 31.3 Å². The summed E-state index contributed by atoms with van der Waals surface area (Å²) in [6.45, 7) is 6.78. The molecule has 30 heavy (non-hydrogen) atoms. The fourth-order valence-electron chi connectivity index (χ4n) is 6.01. The molecule has 0 aromatic carbocycles. The third-order valence-corrected chi connectivity index (χ3v) is 7.81. The number of hydrogen-bond donors (Lipinski definition) is 2. The molecule has 0 radical (unpaired) electrons. The SMILES string of the molecule is CN=C(NCCCN1C(=O)C2C3C=CC(C3)C2C1=O)NCC(C)(C)C1CCCC1.I. The van der Waals surface area contributed by atoms with Gasteiger partial charge >= 0.3 is 0 Å². The maximum Gasteiger partial charge on any atom is 0.233 e. The number of carbonyl (C=O) groups excluding carboxylic acids is 2. The van der Waals surface area contributed by atoms with Crippen molar-refractivity contribution in [1.29, 1.82) is 0 Å². The highest BCUT2D eigenvalue weighted by Crippen LogP contribution is 2.52. The quantitative estimate of drug-likeness (QED) is 0.133. The van der Waals surface area contributed by atoms with Crippen LogP contribution in [-0.4, -0.2) is 49.4 Å². The van der Waals surface area contributed by atoms with E-state index >= 15 is 0 Å². The van der Waals surface area contributed by atoms with Gasteiger partial charge in [0.2, 0.25) is 11.8 Å². The van der Waals surface area contributed by atoms with Crippen LogP contribution in [0.5, 0.6) is 0 Å². The molecule has 0 aromatic rings. The zero-order chi connectivity index (χ0) is 20.6. The number of hydrogen-bond acceptors (Lipinski definition) is 3. The van der Waals surface area contributed by atoms with Gasteiger partial charge in [-0.25, -0.2) is 0 Å². The number of amides is 2. The number of nitrogens with one attached hydrogen (secondary N) is 2. The zero-order valence-corrected chi connectivity index (χ0v) is 20.9. The summed E-state index contributed by atoms with van der Waals surface area (Å²) in [5.74, 6) is 2.09. The topological polar surface area (TPSA) is 73.8 Å². The summed E-state index contributed by atoms with van der Waals surface area (Å²) in [7, 11) is 1.79. The van der Waals surface area contributed by atoms with Crippen molar-refractivity contribution in [3.05, 3.63) is 12.2 Å². The maximum absolute atomic E-state index is 12.7. The molecule has 2 saturated carbocycles. The van der Waals surface area contributed by atoms with Crippen LogP contribution < -0.4 is 10.6 Å². The molecule has 0 aromatic heterocycles. The molecular weight excluding hydrogens is 491 g/mol. The lowest BCUT2D eigenvalue weighted by Gasteiger charge is -2.32. The first-order valence-electron chi connectivity index (χ1n) is 11.4. The van der Waals surface area contributed by atoms with Gasteiger partial charge in [0.15, 0.2) is 5.96 Å². The third kappa shape index (κ3) is 4.41. The second kappa shape index (κ2) is 9.57. The van der Waals surface area contributed by atoms with Crippen molar-refractivity contribution in [1.82, 2.24) is 15.5 Å². The lowest BCUT2D eigenvalue weighted by Crippen LogP contribution is -2.44. The summed E-state index contributed by atoms with van der Waals surface area (Å²) < 4.78 is 0. The van der Waals surface area contributed by atoms with Gasteiger partial charge in [0, 0.05) is 26.7 Å². The van der Waals surface area contributed by atoms with E-state index < -0.39 is 0 Å². The molecule has 168 valence electrons. The Morgan fingerprint density at radius 1 is 1.10 bits per heavy atom. The number of aliphatic imine (C=N–C) groups is 1. The lowest BCUT2D eigenvalue weighted by molar-refractivity contribution is -0.140. The molecule has 3 aliphatic carbocycles. The number of imide groups is 1. The van der Waals surface area contributed by atoms with Crippen molar-refractivity contribution in [3.63, 3.8) is 0 Å². The number of rotatable bonds is 7. The van der Waals surface area contributed by atoms with Crippen LogP contribution in [0.2, 0.25) is 0 Å². The van der Waals surface area contributed by atoms with E-state index in [9.17, 15) is 9.59 Å². The minimum atomic E-state index is -0.0855. The van der Waals surface area contributed by atoms with Crippen LogP contribution >= 0.6 is 24.0 Å². The standard InChI is InChI=1S/C23H36N4O2.HI/c1-23(2,17-7-4-5-8-17)14-26-22(24-3)25-11-6-12-27-20(28)18-15-9-10-16(13-15)19(18)21(27)29;/h9-10,15-19H,4-8,11-14H2,1-3H3,(H2,24,25,26);1H. The highest BCUT2D eigenvalue weighted by atomic mass is 127. The Labute approximate surface area is 197 Å². The molecule has 2 amide bonds. The van der Waals surface area contributed by atoms with E-state index in [-0.39, 0.29) is 64.9 Å². The molecule has 2 N–H and O–H groups in total. The third-order valence-electron chi connectivity index (χ3n) is 7.81. The Morgan fingerprint density at radius 3 is 2.27 bits per heavy atom. The monoisotopic (exact) mass is 528 g/mol. The highest BCUT2D eigenvalue weighted by molar-refractivity contribution is 14.0. The van der Waals surface area contributed by atoms with Gasteiger partial charge in [-0.05, 0) is 48.9 Å². The van der Waals surface area contributed by atoms with Gasteiger partial charge in [0.05, 0.1) is 11.8 Å². The molecule has 4 unspecified atom stereocenters. The van der Waals surface area contributed by atoms with Crippen molar-refractivity contribution in [2.75, 3.05) is 26.7 Å². The van der Waals surface area contributed by atoms with Crippen molar-refractivity contribution in [2.45, 2.75) is 52.4 Å². The molecule has 1 heterocycles. The van der Waals surface area contributed by atoms with E-state index in [2.05, 4.69) is 41.6 Å². The van der Waals surface area contributed by atoms with Gasteiger partial charge in [-0.1, -0.05) is 38.8 Å². The average Bonchev–Trinajstić information content (AvgIpc) is 3.48. The number of guanidine groups is 1. The van der Waals surface area contributed by atoms with Crippen molar-refractivity contribution >= 4 is 41.8 Å². The summed E-state index contributed by atoms with van der Waals surface area (Å²) in [5, 5.41) is 6.81. The Bertz CT molecular complexity index is 684. The fraction of sp³-hybridized carbons (Fsp3) is 0.783. The molecule has 2 bridgehead atoms. The Balaban J connectivity index is 0.00000256. The normalized spacial score (nSPS) is 30.8. The Kier molecular flexibility index (Phi) is 7.51. The van der Waals surface area contributed by atoms with Gasteiger partial charge in [-0.15, -0.1) is 24.0 Å². The largest absolute Gasteiger partial charge is 0.356 e. The number of fused-ring (bicyclic) bond motifs is 5. The van der Waals surface area contributed by atoms with Gasteiger partial charge in [-0.3, -0.25) is 19.5 Å². The van der Waals surface area contributed by atoms with Crippen molar-refractivity contribution in [2.24, 2.45) is 40.0 Å². The first-order chi connectivity index (χ1) is 13.9. The molecule has 4 aliphatic rings. The van der Waals surface area contributed by atoms with Crippen molar-refractivity contribution < 1.29 is 9.59 Å². The van der Waals surface area contributed by atoms with E-state index in [4.69, 9.17) is 0 Å². The number of nitrogens with zero attached hydrogens (tertiary/aromatic N) is 2. The Hall–Kier alpha value is -1.12. The molecular formula is C23H37IN4O2. The minimum absolute atomic E-state index is 0. The number of likely N-dealkylation sites (tertiary alicyclic amines) is 1. The van der Waals surface area contributed by atoms with E-state index in [0.29, 0.717) is 13.1 Å². The summed E-state index contributed by atoms with van der Waals surface area (Å²) in [4.78, 5) is 31.3. The van der Waals surface area contributed by atoms with Gasteiger partial charge in [0.1, 0.15) is 0 Å². The highest BCUT2D eigenvalue weighted by Gasteiger charge is 2.58. The number of carbonyl (C=O) groups is 2. The van der Waals surface area contributed by atoms with Gasteiger partial charge < -0.3 is 10.6 Å². The molecule has 0 spiro atoms. The summed E-state index contributed by atoms with van der Waals surface area (Å²) >= 11 is 0. The Morgan fingerprint density at radius 2 is 1.70 bits per heavy atom. The van der Waals surface area contributed by atoms with Gasteiger partial charge in [0.25, 0.3) is 0 Å². The predicted octanol–water partition coefficient (Wildman–Crippen LogP) is 3.18. The number of allylic oxidation sites excluding steroid dienone is 2. The van der Waals surface area contributed by atoms with Crippen LogP contribution in [0.4, 0.5) is 0 Å². The predicted molar refractivity (Wildman–Crippen MR) is 130 cm³/mol. The fourth-order valence-corrected chi connectivity index (χ4v) is 6.01. The van der Waals surface area contributed by atoms with Crippen molar-refractivity contribution in [3.8, 4) is 0 Å². The van der Waals surface area contributed by atoms with E-state index in [1.165, 1.54) is 30.6 Å². The summed E-state index contributed by atoms with van der Waals surface area (Å²) in [5.41, 5.74) is 0.258. The van der Waals surface area contributed by atoms with E-state index in [1.54, 1.807) is 7.05 Å². The van der Waals surface area contributed by atoms with Crippen LogP contribution in [-0.2, 0) is 9.59 Å².